The maximum atomic E-state index is 8.94. The van der Waals surface area contributed by atoms with Crippen molar-refractivity contribution in [2.45, 2.75) is 19.8 Å². The van der Waals surface area contributed by atoms with E-state index in [2.05, 4.69) is 0 Å². The Morgan fingerprint density at radius 3 is 2.47 bits per heavy atom. The van der Waals surface area contributed by atoms with Crippen molar-refractivity contribution in [2.24, 2.45) is 0 Å². The molecule has 19 heavy (non-hydrogen) atoms. The van der Waals surface area contributed by atoms with Crippen LogP contribution in [0.25, 0.3) is 0 Å². The number of methoxy groups -OCH3 is 2. The molecule has 0 saturated carbocycles. The molecule has 1 rings (SSSR count). The number of halogens is 1. The monoisotopic (exact) mass is 281 g/mol. The van der Waals surface area contributed by atoms with Crippen molar-refractivity contribution in [3.8, 4) is 17.6 Å². The normalized spacial score (nSPS) is 11.1. The van der Waals surface area contributed by atoms with Crippen LogP contribution in [0.4, 0.5) is 0 Å². The first-order chi connectivity index (χ1) is 9.03. The van der Waals surface area contributed by atoms with Crippen molar-refractivity contribution in [3.63, 3.8) is 0 Å². The molecule has 0 fully saturated rings. The Labute approximate surface area is 118 Å². The molecule has 0 N–H and O–H groups in total. The summed E-state index contributed by atoms with van der Waals surface area (Å²) in [7, 11) is 3.00. The number of ether oxygens (including phenoxy) is 3. The molecule has 0 bridgehead atoms. The maximum absolute atomic E-state index is 8.94. The highest BCUT2D eigenvalue weighted by Crippen LogP contribution is 2.37. The molecule has 4 nitrogen and oxygen atoms in total. The van der Waals surface area contributed by atoms with E-state index < -0.39 is 0 Å². The number of allylic oxidation sites excluding steroid dienone is 1. The summed E-state index contributed by atoms with van der Waals surface area (Å²) in [6.07, 6.45) is 1.24. The molecule has 0 amide bonds. The second-order valence-electron chi connectivity index (χ2n) is 4.11. The average molecular weight is 282 g/mol. The van der Waals surface area contributed by atoms with Gasteiger partial charge in [-0.3, -0.25) is 0 Å². The first-order valence-corrected chi connectivity index (χ1v) is 6.09. The maximum Gasteiger partial charge on any atom is 0.238 e. The van der Waals surface area contributed by atoms with Gasteiger partial charge >= 0.3 is 0 Å². The van der Waals surface area contributed by atoms with Crippen LogP contribution in [0.15, 0.2) is 24.2 Å². The van der Waals surface area contributed by atoms with Gasteiger partial charge in [0.25, 0.3) is 0 Å². The Bertz CT molecular complexity index is 518. The van der Waals surface area contributed by atoms with Gasteiger partial charge in [-0.25, -0.2) is 0 Å². The summed E-state index contributed by atoms with van der Waals surface area (Å²) in [6, 6.07) is 5.35. The summed E-state index contributed by atoms with van der Waals surface area (Å²) < 4.78 is 15.5. The summed E-state index contributed by atoms with van der Waals surface area (Å²) in [5, 5.41) is 9.36. The van der Waals surface area contributed by atoms with E-state index in [9.17, 15) is 0 Å². The molecule has 0 aliphatic carbocycles. The molecule has 0 aliphatic heterocycles. The smallest absolute Gasteiger partial charge is 0.238 e. The van der Waals surface area contributed by atoms with Crippen LogP contribution in [0.5, 0.6) is 11.5 Å². The molecule has 1 aromatic rings. The number of benzene rings is 1. The van der Waals surface area contributed by atoms with E-state index in [4.69, 9.17) is 31.1 Å². The third kappa shape index (κ3) is 3.80. The Balaban J connectivity index is 3.23. The van der Waals surface area contributed by atoms with Gasteiger partial charge in [-0.2, -0.15) is 5.26 Å². The molecule has 0 atom stereocenters. The van der Waals surface area contributed by atoms with E-state index in [1.165, 1.54) is 13.4 Å². The van der Waals surface area contributed by atoms with Gasteiger partial charge in [-0.05, 0) is 12.0 Å². The molecular formula is C14H16ClNO3. The van der Waals surface area contributed by atoms with Gasteiger partial charge in [0.15, 0.2) is 0 Å². The van der Waals surface area contributed by atoms with Crippen molar-refractivity contribution >= 4 is 11.6 Å². The zero-order valence-corrected chi connectivity index (χ0v) is 12.1. The van der Waals surface area contributed by atoms with E-state index in [-0.39, 0.29) is 11.7 Å². The molecule has 0 unspecified atom stereocenters. The Morgan fingerprint density at radius 2 is 2.00 bits per heavy atom. The van der Waals surface area contributed by atoms with Gasteiger partial charge < -0.3 is 14.2 Å². The summed E-state index contributed by atoms with van der Waals surface area (Å²) >= 11 is 6.07. The third-order valence-electron chi connectivity index (χ3n) is 2.46. The predicted octanol–water partition coefficient (Wildman–Crippen LogP) is 3.86. The van der Waals surface area contributed by atoms with E-state index in [1.807, 2.05) is 26.0 Å². The number of nitrogens with zero attached hydrogens (tertiary/aromatic N) is 1. The van der Waals surface area contributed by atoms with Crippen molar-refractivity contribution in [3.05, 3.63) is 34.7 Å². The van der Waals surface area contributed by atoms with Gasteiger partial charge in [0.1, 0.15) is 23.8 Å². The molecule has 0 aromatic heterocycles. The zero-order valence-electron chi connectivity index (χ0n) is 11.4. The van der Waals surface area contributed by atoms with Gasteiger partial charge in [-0.15, -0.1) is 0 Å². The first-order valence-electron chi connectivity index (χ1n) is 5.71. The van der Waals surface area contributed by atoms with Crippen LogP contribution in [0.2, 0.25) is 5.02 Å². The second kappa shape index (κ2) is 6.91. The van der Waals surface area contributed by atoms with Gasteiger partial charge in [0.2, 0.25) is 5.76 Å². The van der Waals surface area contributed by atoms with Crippen LogP contribution < -0.4 is 9.47 Å². The standard InChI is InChI=1S/C14H16ClNO3/c1-9(2)11-5-14(18-4)12(15)6-13(11)19-10(7-16)8-17-3/h5-6,8-9H,1-4H3/b10-8-. The lowest BCUT2D eigenvalue weighted by Crippen LogP contribution is -2.00. The highest BCUT2D eigenvalue weighted by molar-refractivity contribution is 6.32. The quantitative estimate of drug-likeness (QED) is 0.607. The number of rotatable bonds is 5. The summed E-state index contributed by atoms with van der Waals surface area (Å²) in [5.41, 5.74) is 0.901. The zero-order chi connectivity index (χ0) is 14.4. The summed E-state index contributed by atoms with van der Waals surface area (Å²) in [4.78, 5) is 0. The Hall–Kier alpha value is -1.86. The van der Waals surface area contributed by atoms with Crippen LogP contribution >= 0.6 is 11.6 Å². The lowest BCUT2D eigenvalue weighted by molar-refractivity contribution is 0.309. The highest BCUT2D eigenvalue weighted by Gasteiger charge is 2.15. The van der Waals surface area contributed by atoms with Crippen LogP contribution in [0, 0.1) is 11.3 Å². The molecule has 0 aliphatic rings. The number of nitriles is 1. The number of hydrogen-bond acceptors (Lipinski definition) is 4. The van der Waals surface area contributed by atoms with Crippen molar-refractivity contribution in [1.29, 1.82) is 5.26 Å². The SMILES string of the molecule is CO/C=C(/C#N)Oc1cc(Cl)c(OC)cc1C(C)C. The molecule has 0 radical (unpaired) electrons. The first kappa shape index (κ1) is 15.2. The molecule has 0 spiro atoms. The fourth-order valence-corrected chi connectivity index (χ4v) is 1.78. The lowest BCUT2D eigenvalue weighted by atomic mass is 10.0. The Kier molecular flexibility index (Phi) is 5.53. The minimum absolute atomic E-state index is 0.0608. The highest BCUT2D eigenvalue weighted by atomic mass is 35.5. The topological polar surface area (TPSA) is 51.5 Å². The lowest BCUT2D eigenvalue weighted by Gasteiger charge is -2.15. The minimum atomic E-state index is 0.0608. The second-order valence-corrected chi connectivity index (χ2v) is 4.52. The van der Waals surface area contributed by atoms with Crippen molar-refractivity contribution in [2.75, 3.05) is 14.2 Å². The van der Waals surface area contributed by atoms with E-state index in [1.54, 1.807) is 13.2 Å². The van der Waals surface area contributed by atoms with Gasteiger partial charge in [0, 0.05) is 11.6 Å². The van der Waals surface area contributed by atoms with Crippen LogP contribution in [-0.2, 0) is 4.74 Å². The van der Waals surface area contributed by atoms with Crippen molar-refractivity contribution in [1.82, 2.24) is 0 Å². The molecular weight excluding hydrogens is 266 g/mol. The number of hydrogen-bond donors (Lipinski definition) is 0. The molecule has 102 valence electrons. The summed E-state index contributed by atoms with van der Waals surface area (Å²) in [6.45, 7) is 4.03. The average Bonchev–Trinajstić information content (AvgIpc) is 2.38. The van der Waals surface area contributed by atoms with Crippen LogP contribution in [-0.4, -0.2) is 14.2 Å². The van der Waals surface area contributed by atoms with Gasteiger partial charge in [-0.1, -0.05) is 25.4 Å². The molecule has 5 heteroatoms. The van der Waals surface area contributed by atoms with Crippen LogP contribution in [0.3, 0.4) is 0 Å². The Morgan fingerprint density at radius 1 is 1.32 bits per heavy atom. The van der Waals surface area contributed by atoms with Gasteiger partial charge in [0.05, 0.1) is 19.2 Å². The van der Waals surface area contributed by atoms with E-state index in [0.717, 1.165) is 5.56 Å². The molecule has 1 aromatic carbocycles. The fourth-order valence-electron chi connectivity index (χ4n) is 1.55. The van der Waals surface area contributed by atoms with Crippen molar-refractivity contribution < 1.29 is 14.2 Å². The predicted molar refractivity (Wildman–Crippen MR) is 73.4 cm³/mol. The van der Waals surface area contributed by atoms with E-state index >= 15 is 0 Å². The summed E-state index contributed by atoms with van der Waals surface area (Å²) in [5.74, 6) is 1.35. The van der Waals surface area contributed by atoms with Crippen LogP contribution in [0.1, 0.15) is 25.3 Å². The van der Waals surface area contributed by atoms with E-state index in [0.29, 0.717) is 16.5 Å². The molecule has 0 heterocycles. The minimum Gasteiger partial charge on any atom is -0.500 e. The fraction of sp³-hybridized carbons (Fsp3) is 0.357. The third-order valence-corrected chi connectivity index (χ3v) is 2.76. The molecule has 0 saturated heterocycles. The largest absolute Gasteiger partial charge is 0.500 e.